The summed E-state index contributed by atoms with van der Waals surface area (Å²) < 4.78 is 7.36. The largest absolute Gasteiger partial charge is 0.381 e. The number of hydrogen-bond donors (Lipinski definition) is 2. The summed E-state index contributed by atoms with van der Waals surface area (Å²) in [5.74, 6) is 1.82. The van der Waals surface area contributed by atoms with Crippen molar-refractivity contribution in [3.05, 3.63) is 29.1 Å². The lowest BCUT2D eigenvalue weighted by atomic mass is 9.99. The first-order valence-electron chi connectivity index (χ1n) is 10.6. The second kappa shape index (κ2) is 8.62. The Labute approximate surface area is 171 Å². The Kier molecular flexibility index (Phi) is 5.96. The van der Waals surface area contributed by atoms with E-state index in [9.17, 15) is 4.79 Å². The Morgan fingerprint density at radius 3 is 2.79 bits per heavy atom. The molecule has 0 aromatic carbocycles. The molecule has 2 aromatic rings. The molecule has 2 saturated heterocycles. The zero-order valence-corrected chi connectivity index (χ0v) is 17.5. The van der Waals surface area contributed by atoms with Gasteiger partial charge in [0.2, 0.25) is 5.91 Å². The second-order valence-corrected chi connectivity index (χ2v) is 8.15. The van der Waals surface area contributed by atoms with E-state index in [1.807, 2.05) is 18.5 Å². The van der Waals surface area contributed by atoms with Gasteiger partial charge in [0, 0.05) is 56.6 Å². The molecule has 4 heterocycles. The molecule has 2 aromatic heterocycles. The van der Waals surface area contributed by atoms with Gasteiger partial charge in [0.15, 0.2) is 5.82 Å². The van der Waals surface area contributed by atoms with Crippen LogP contribution in [0.1, 0.15) is 55.1 Å². The van der Waals surface area contributed by atoms with E-state index in [1.54, 1.807) is 0 Å². The molecule has 9 heteroatoms. The summed E-state index contributed by atoms with van der Waals surface area (Å²) in [6.07, 6.45) is 4.54. The maximum Gasteiger partial charge on any atom is 0.223 e. The highest BCUT2D eigenvalue weighted by molar-refractivity contribution is 5.79. The number of likely N-dealkylation sites (tertiary alicyclic amines) is 1. The highest BCUT2D eigenvalue weighted by Crippen LogP contribution is 2.32. The van der Waals surface area contributed by atoms with Crippen molar-refractivity contribution in [3.8, 4) is 0 Å². The number of aromatic nitrogens is 5. The Bertz CT molecular complexity index is 840. The van der Waals surface area contributed by atoms with Crippen LogP contribution < -0.4 is 5.32 Å². The van der Waals surface area contributed by atoms with Gasteiger partial charge in [-0.1, -0.05) is 0 Å². The Morgan fingerprint density at radius 1 is 1.34 bits per heavy atom. The normalized spacial score (nSPS) is 23.6. The average molecular weight is 402 g/mol. The van der Waals surface area contributed by atoms with Crippen LogP contribution in [-0.4, -0.2) is 61.6 Å². The van der Waals surface area contributed by atoms with E-state index in [1.165, 1.54) is 5.56 Å². The Morgan fingerprint density at radius 2 is 2.14 bits per heavy atom. The molecule has 0 spiro atoms. The van der Waals surface area contributed by atoms with Crippen LogP contribution >= 0.6 is 0 Å². The van der Waals surface area contributed by atoms with Crippen LogP contribution in [0.15, 0.2) is 6.20 Å². The molecule has 158 valence electrons. The molecule has 0 bridgehead atoms. The molecule has 0 aliphatic carbocycles. The minimum absolute atomic E-state index is 0.0621. The van der Waals surface area contributed by atoms with Crippen LogP contribution in [0.3, 0.4) is 0 Å². The first-order chi connectivity index (χ1) is 14.0. The molecule has 9 nitrogen and oxygen atoms in total. The van der Waals surface area contributed by atoms with Crippen LogP contribution in [0, 0.1) is 19.8 Å². The highest BCUT2D eigenvalue weighted by Gasteiger charge is 2.37. The molecule has 2 aliphatic heterocycles. The summed E-state index contributed by atoms with van der Waals surface area (Å²) in [5, 5.41) is 15.2. The van der Waals surface area contributed by atoms with Gasteiger partial charge in [-0.15, -0.1) is 0 Å². The van der Waals surface area contributed by atoms with Crippen LogP contribution in [0.25, 0.3) is 0 Å². The number of rotatable bonds is 6. The predicted molar refractivity (Wildman–Crippen MR) is 107 cm³/mol. The number of nitrogens with zero attached hydrogens (tertiary/aromatic N) is 5. The molecule has 2 N–H and O–H groups in total. The monoisotopic (exact) mass is 401 g/mol. The van der Waals surface area contributed by atoms with Crippen molar-refractivity contribution in [1.29, 1.82) is 0 Å². The van der Waals surface area contributed by atoms with Crippen LogP contribution in [-0.2, 0) is 22.6 Å². The van der Waals surface area contributed by atoms with Crippen molar-refractivity contribution < 1.29 is 9.53 Å². The fraction of sp³-hybridized carbons (Fsp3) is 0.700. The molecule has 0 saturated carbocycles. The Hall–Kier alpha value is -2.26. The highest BCUT2D eigenvalue weighted by atomic mass is 16.5. The van der Waals surface area contributed by atoms with Crippen molar-refractivity contribution in [1.82, 2.24) is 35.2 Å². The van der Waals surface area contributed by atoms with Gasteiger partial charge in [-0.25, -0.2) is 4.98 Å². The fourth-order valence-corrected chi connectivity index (χ4v) is 4.33. The van der Waals surface area contributed by atoms with Gasteiger partial charge in [0.1, 0.15) is 5.82 Å². The van der Waals surface area contributed by atoms with Crippen molar-refractivity contribution in [3.63, 3.8) is 0 Å². The van der Waals surface area contributed by atoms with Crippen molar-refractivity contribution in [2.24, 2.45) is 5.92 Å². The van der Waals surface area contributed by atoms with Crippen molar-refractivity contribution in [2.45, 2.75) is 65.2 Å². The number of aromatic amines is 1. The molecule has 2 atom stereocenters. The number of aryl methyl sites for hydroxylation is 3. The number of carbonyl (C=O) groups is 1. The number of carbonyl (C=O) groups excluding carboxylic acids is 1. The number of nitrogens with one attached hydrogen (secondary N) is 2. The third kappa shape index (κ3) is 4.51. The molecule has 29 heavy (non-hydrogen) atoms. The van der Waals surface area contributed by atoms with E-state index in [4.69, 9.17) is 4.74 Å². The minimum Gasteiger partial charge on any atom is -0.381 e. The number of hydrogen-bond acceptors (Lipinski definition) is 6. The van der Waals surface area contributed by atoms with E-state index >= 15 is 0 Å². The summed E-state index contributed by atoms with van der Waals surface area (Å²) in [6, 6.07) is 0.167. The van der Waals surface area contributed by atoms with Gasteiger partial charge in [0.25, 0.3) is 0 Å². The number of ether oxygens (including phenoxy) is 1. The Balaban J connectivity index is 1.48. The maximum atomic E-state index is 12.7. The van der Waals surface area contributed by atoms with Gasteiger partial charge in [-0.3, -0.25) is 19.5 Å². The molecule has 0 unspecified atom stereocenters. The van der Waals surface area contributed by atoms with E-state index in [-0.39, 0.29) is 23.9 Å². The lowest BCUT2D eigenvalue weighted by Crippen LogP contribution is -2.42. The SMILES string of the molecule is CCn1cc(CN2C[C@@H](NC(=O)C3CCOCC3)C[C@H]2c2n[nH]c(C)n2)c(C)n1. The second-order valence-electron chi connectivity index (χ2n) is 8.15. The van der Waals surface area contributed by atoms with Gasteiger partial charge in [-0.2, -0.15) is 10.2 Å². The molecule has 0 radical (unpaired) electrons. The first-order valence-corrected chi connectivity index (χ1v) is 10.6. The fourth-order valence-electron chi connectivity index (χ4n) is 4.33. The molecule has 2 aliphatic rings. The van der Waals surface area contributed by atoms with E-state index < -0.39 is 0 Å². The topological polar surface area (TPSA) is 101 Å². The van der Waals surface area contributed by atoms with Gasteiger partial charge < -0.3 is 10.1 Å². The van der Waals surface area contributed by atoms with Crippen molar-refractivity contribution >= 4 is 5.91 Å². The standard InChI is InChI=1S/C20H31N7O2/c1-4-27-11-16(13(2)25-27)10-26-12-17(9-18(26)19-21-14(3)23-24-19)22-20(28)15-5-7-29-8-6-15/h11,15,17-18H,4-10,12H2,1-3H3,(H,22,28)(H,21,23,24)/t17-,18-/m0/s1. The van der Waals surface area contributed by atoms with E-state index in [0.717, 1.165) is 56.2 Å². The summed E-state index contributed by atoms with van der Waals surface area (Å²) in [5.41, 5.74) is 2.26. The summed E-state index contributed by atoms with van der Waals surface area (Å²) in [7, 11) is 0. The molecular weight excluding hydrogens is 370 g/mol. The summed E-state index contributed by atoms with van der Waals surface area (Å²) in [6.45, 7) is 9.81. The summed E-state index contributed by atoms with van der Waals surface area (Å²) >= 11 is 0. The molecular formula is C20H31N7O2. The lowest BCUT2D eigenvalue weighted by molar-refractivity contribution is -0.128. The molecule has 2 fully saturated rings. The average Bonchev–Trinajstić information content (AvgIpc) is 3.42. The molecule has 4 rings (SSSR count). The van der Waals surface area contributed by atoms with Crippen LogP contribution in [0.2, 0.25) is 0 Å². The predicted octanol–water partition coefficient (Wildman–Crippen LogP) is 1.50. The van der Waals surface area contributed by atoms with E-state index in [2.05, 4.69) is 43.6 Å². The number of H-pyrrole nitrogens is 1. The first kappa shape index (κ1) is 20.0. The van der Waals surface area contributed by atoms with Crippen LogP contribution in [0.5, 0.6) is 0 Å². The van der Waals surface area contributed by atoms with Gasteiger partial charge in [-0.05, 0) is 40.0 Å². The smallest absolute Gasteiger partial charge is 0.223 e. The van der Waals surface area contributed by atoms with Gasteiger partial charge in [0.05, 0.1) is 11.7 Å². The van der Waals surface area contributed by atoms with Crippen molar-refractivity contribution in [2.75, 3.05) is 19.8 Å². The lowest BCUT2D eigenvalue weighted by Gasteiger charge is -2.23. The zero-order chi connectivity index (χ0) is 20.4. The van der Waals surface area contributed by atoms with Gasteiger partial charge >= 0.3 is 0 Å². The third-order valence-electron chi connectivity index (χ3n) is 6.00. The third-order valence-corrected chi connectivity index (χ3v) is 6.00. The number of amides is 1. The summed E-state index contributed by atoms with van der Waals surface area (Å²) in [4.78, 5) is 19.7. The molecule has 1 amide bonds. The van der Waals surface area contributed by atoms with E-state index in [0.29, 0.717) is 13.2 Å². The maximum absolute atomic E-state index is 12.7. The quantitative estimate of drug-likeness (QED) is 0.761. The van der Waals surface area contributed by atoms with Crippen LogP contribution in [0.4, 0.5) is 0 Å². The minimum atomic E-state index is 0.0621. The zero-order valence-electron chi connectivity index (χ0n) is 17.5.